The van der Waals surface area contributed by atoms with Crippen LogP contribution in [0.4, 0.5) is 0 Å². The third kappa shape index (κ3) is 3.12. The lowest BCUT2D eigenvalue weighted by atomic mass is 10.1. The van der Waals surface area contributed by atoms with Crippen LogP contribution in [0.1, 0.15) is 11.1 Å². The molecule has 2 aromatic heterocycles. The van der Waals surface area contributed by atoms with E-state index in [1.807, 2.05) is 24.3 Å². The Hall–Kier alpha value is -1.78. The Balaban J connectivity index is 2.15. The monoisotopic (exact) mass is 244 g/mol. The number of aliphatic hydroxyl groups excluding tert-OH is 2. The summed E-state index contributed by atoms with van der Waals surface area (Å²) in [5, 5.41) is 17.7. The molecule has 4 heteroatoms. The zero-order valence-corrected chi connectivity index (χ0v) is 10.1. The molecule has 0 bridgehead atoms. The fourth-order valence-electron chi connectivity index (χ4n) is 1.71. The molecule has 0 aliphatic heterocycles. The standard InChI is InChI=1S/C14H16N2O2/c17-7-5-11-1-3-13(15-9-11)14-4-2-12(6-8-18)10-16-14/h1-4,9-10,17-18H,5-8H2. The lowest BCUT2D eigenvalue weighted by molar-refractivity contribution is 0.299. The van der Waals surface area contributed by atoms with Crippen LogP contribution in [0.5, 0.6) is 0 Å². The lowest BCUT2D eigenvalue weighted by Crippen LogP contribution is -1.95. The minimum absolute atomic E-state index is 0.134. The number of nitrogens with zero attached hydrogens (tertiary/aromatic N) is 2. The number of hydrogen-bond donors (Lipinski definition) is 2. The highest BCUT2D eigenvalue weighted by Gasteiger charge is 2.01. The van der Waals surface area contributed by atoms with Crippen LogP contribution >= 0.6 is 0 Å². The number of rotatable bonds is 5. The first-order valence-electron chi connectivity index (χ1n) is 5.95. The van der Waals surface area contributed by atoms with Crippen molar-refractivity contribution in [2.24, 2.45) is 0 Å². The molecule has 0 aromatic carbocycles. The molecule has 0 atom stereocenters. The van der Waals surface area contributed by atoms with E-state index in [2.05, 4.69) is 9.97 Å². The summed E-state index contributed by atoms with van der Waals surface area (Å²) in [6.07, 6.45) is 4.76. The normalized spacial score (nSPS) is 10.6. The van der Waals surface area contributed by atoms with E-state index in [-0.39, 0.29) is 13.2 Å². The van der Waals surface area contributed by atoms with E-state index in [0.29, 0.717) is 12.8 Å². The van der Waals surface area contributed by atoms with E-state index in [0.717, 1.165) is 22.5 Å². The molecule has 2 N–H and O–H groups in total. The van der Waals surface area contributed by atoms with Crippen molar-refractivity contribution in [1.82, 2.24) is 9.97 Å². The van der Waals surface area contributed by atoms with Gasteiger partial charge in [0.1, 0.15) is 0 Å². The van der Waals surface area contributed by atoms with Crippen molar-refractivity contribution in [2.45, 2.75) is 12.8 Å². The molecule has 94 valence electrons. The second-order valence-electron chi connectivity index (χ2n) is 4.05. The average molecular weight is 244 g/mol. The zero-order chi connectivity index (χ0) is 12.8. The van der Waals surface area contributed by atoms with Gasteiger partial charge < -0.3 is 10.2 Å². The molecular weight excluding hydrogens is 228 g/mol. The highest BCUT2D eigenvalue weighted by atomic mass is 16.3. The van der Waals surface area contributed by atoms with E-state index in [9.17, 15) is 0 Å². The van der Waals surface area contributed by atoms with E-state index >= 15 is 0 Å². The van der Waals surface area contributed by atoms with Crippen LogP contribution in [0.3, 0.4) is 0 Å². The van der Waals surface area contributed by atoms with Gasteiger partial charge in [-0.25, -0.2) is 0 Å². The molecular formula is C14H16N2O2. The van der Waals surface area contributed by atoms with Gasteiger partial charge in [0.2, 0.25) is 0 Å². The second-order valence-corrected chi connectivity index (χ2v) is 4.05. The molecule has 0 saturated carbocycles. The Bertz CT molecular complexity index is 433. The molecule has 0 radical (unpaired) electrons. The summed E-state index contributed by atoms with van der Waals surface area (Å²) in [4.78, 5) is 8.64. The van der Waals surface area contributed by atoms with Gasteiger partial charge in [-0.2, -0.15) is 0 Å². The smallest absolute Gasteiger partial charge is 0.0886 e. The molecule has 2 heterocycles. The number of pyridine rings is 2. The molecule has 2 rings (SSSR count). The topological polar surface area (TPSA) is 66.2 Å². The summed E-state index contributed by atoms with van der Waals surface area (Å²) in [5.74, 6) is 0. The van der Waals surface area contributed by atoms with Gasteiger partial charge in [0.25, 0.3) is 0 Å². The number of hydrogen-bond acceptors (Lipinski definition) is 4. The maximum absolute atomic E-state index is 8.83. The van der Waals surface area contributed by atoms with E-state index in [1.54, 1.807) is 12.4 Å². The summed E-state index contributed by atoms with van der Waals surface area (Å²) < 4.78 is 0. The Morgan fingerprint density at radius 3 is 1.44 bits per heavy atom. The van der Waals surface area contributed by atoms with E-state index < -0.39 is 0 Å². The van der Waals surface area contributed by atoms with Gasteiger partial charge in [-0.05, 0) is 36.1 Å². The van der Waals surface area contributed by atoms with Crippen molar-refractivity contribution in [1.29, 1.82) is 0 Å². The third-order valence-corrected chi connectivity index (χ3v) is 2.71. The largest absolute Gasteiger partial charge is 0.396 e. The van der Waals surface area contributed by atoms with Crippen LogP contribution in [0, 0.1) is 0 Å². The first-order chi connectivity index (χ1) is 8.83. The number of aliphatic hydroxyl groups is 2. The van der Waals surface area contributed by atoms with Gasteiger partial charge in [0.05, 0.1) is 11.4 Å². The Kier molecular flexibility index (Phi) is 4.39. The fraction of sp³-hybridized carbons (Fsp3) is 0.286. The van der Waals surface area contributed by atoms with Crippen molar-refractivity contribution in [3.8, 4) is 11.4 Å². The predicted octanol–water partition coefficient (Wildman–Crippen LogP) is 1.21. The SMILES string of the molecule is OCCc1ccc(-c2ccc(CCO)cn2)nc1. The molecule has 4 nitrogen and oxygen atoms in total. The molecule has 0 amide bonds. The molecule has 18 heavy (non-hydrogen) atoms. The summed E-state index contributed by atoms with van der Waals surface area (Å²) in [5.41, 5.74) is 3.65. The molecule has 0 fully saturated rings. The van der Waals surface area contributed by atoms with Crippen LogP contribution in [-0.4, -0.2) is 33.4 Å². The molecule has 0 saturated heterocycles. The molecule has 0 aliphatic carbocycles. The van der Waals surface area contributed by atoms with Crippen molar-refractivity contribution in [3.63, 3.8) is 0 Å². The lowest BCUT2D eigenvalue weighted by Gasteiger charge is -2.03. The van der Waals surface area contributed by atoms with Gasteiger partial charge in [-0.3, -0.25) is 9.97 Å². The molecule has 2 aromatic rings. The molecule has 0 unspecified atom stereocenters. The van der Waals surface area contributed by atoms with Crippen molar-refractivity contribution in [2.75, 3.05) is 13.2 Å². The first-order valence-corrected chi connectivity index (χ1v) is 5.95. The van der Waals surface area contributed by atoms with Crippen molar-refractivity contribution >= 4 is 0 Å². The zero-order valence-electron chi connectivity index (χ0n) is 10.1. The second kappa shape index (κ2) is 6.23. The number of aromatic nitrogens is 2. The maximum atomic E-state index is 8.83. The van der Waals surface area contributed by atoms with Crippen molar-refractivity contribution < 1.29 is 10.2 Å². The predicted molar refractivity (Wildman–Crippen MR) is 69.0 cm³/mol. The van der Waals surface area contributed by atoms with Gasteiger partial charge in [-0.1, -0.05) is 12.1 Å². The van der Waals surface area contributed by atoms with Crippen LogP contribution < -0.4 is 0 Å². The summed E-state index contributed by atoms with van der Waals surface area (Å²) in [6.45, 7) is 0.268. The van der Waals surface area contributed by atoms with E-state index in [4.69, 9.17) is 10.2 Å². The van der Waals surface area contributed by atoms with Crippen LogP contribution in [0.15, 0.2) is 36.7 Å². The quantitative estimate of drug-likeness (QED) is 0.829. The highest BCUT2D eigenvalue weighted by Crippen LogP contribution is 2.15. The van der Waals surface area contributed by atoms with Crippen LogP contribution in [0.2, 0.25) is 0 Å². The minimum Gasteiger partial charge on any atom is -0.396 e. The van der Waals surface area contributed by atoms with Crippen molar-refractivity contribution in [3.05, 3.63) is 47.8 Å². The minimum atomic E-state index is 0.134. The maximum Gasteiger partial charge on any atom is 0.0886 e. The summed E-state index contributed by atoms with van der Waals surface area (Å²) in [6, 6.07) is 7.70. The van der Waals surface area contributed by atoms with Gasteiger partial charge in [0.15, 0.2) is 0 Å². The Labute approximate surface area is 106 Å². The highest BCUT2D eigenvalue weighted by molar-refractivity contribution is 5.54. The Morgan fingerprint density at radius 1 is 0.722 bits per heavy atom. The van der Waals surface area contributed by atoms with Crippen LogP contribution in [0.25, 0.3) is 11.4 Å². The summed E-state index contributed by atoms with van der Waals surface area (Å²) >= 11 is 0. The van der Waals surface area contributed by atoms with Gasteiger partial charge in [-0.15, -0.1) is 0 Å². The first kappa shape index (κ1) is 12.7. The Morgan fingerprint density at radius 2 is 1.17 bits per heavy atom. The summed E-state index contributed by atoms with van der Waals surface area (Å²) in [7, 11) is 0. The fourth-order valence-corrected chi connectivity index (χ4v) is 1.71. The molecule has 0 aliphatic rings. The average Bonchev–Trinajstić information content (AvgIpc) is 2.41. The van der Waals surface area contributed by atoms with E-state index in [1.165, 1.54) is 0 Å². The van der Waals surface area contributed by atoms with Gasteiger partial charge >= 0.3 is 0 Å². The molecule has 0 spiro atoms. The van der Waals surface area contributed by atoms with Gasteiger partial charge in [0, 0.05) is 25.6 Å². The third-order valence-electron chi connectivity index (χ3n) is 2.71. The van der Waals surface area contributed by atoms with Crippen LogP contribution in [-0.2, 0) is 12.8 Å².